The van der Waals surface area contributed by atoms with Gasteiger partial charge in [0.05, 0.1) is 0 Å². The van der Waals surface area contributed by atoms with E-state index in [9.17, 15) is 4.79 Å². The van der Waals surface area contributed by atoms with Gasteiger partial charge in [0.1, 0.15) is 0 Å². The number of amides is 1. The maximum atomic E-state index is 11.6. The fourth-order valence-corrected chi connectivity index (χ4v) is 3.41. The lowest BCUT2D eigenvalue weighted by atomic mass is 9.94. The van der Waals surface area contributed by atoms with Crippen LogP contribution in [0.4, 0.5) is 0 Å². The molecule has 0 aromatic rings. The van der Waals surface area contributed by atoms with E-state index in [2.05, 4.69) is 39.8 Å². The van der Waals surface area contributed by atoms with Gasteiger partial charge in [-0.2, -0.15) is 0 Å². The number of carbonyl (C=O) groups excluding carboxylic acids is 1. The Kier molecular flexibility index (Phi) is 12.3. The fraction of sp³-hybridized carbons (Fsp3) is 0.895. The van der Waals surface area contributed by atoms with Crippen LogP contribution in [-0.2, 0) is 4.79 Å². The number of carbonyl (C=O) groups is 1. The van der Waals surface area contributed by atoms with E-state index in [4.69, 9.17) is 0 Å². The molecule has 0 radical (unpaired) electrons. The molecule has 0 heterocycles. The van der Waals surface area contributed by atoms with E-state index in [0.717, 1.165) is 50.9 Å². The molecule has 0 aromatic heterocycles. The highest BCUT2D eigenvalue weighted by atomic mass is 127. The summed E-state index contributed by atoms with van der Waals surface area (Å²) in [5, 5.41) is 9.54. The summed E-state index contributed by atoms with van der Waals surface area (Å²) in [6.07, 6.45) is 10.1. The van der Waals surface area contributed by atoms with Crippen LogP contribution in [0.1, 0.15) is 58.3 Å². The second-order valence-corrected chi connectivity index (χ2v) is 7.38. The second kappa shape index (κ2) is 13.6. The molecular formula is C19H38IN5O. The van der Waals surface area contributed by atoms with Crippen LogP contribution in [0.2, 0.25) is 0 Å². The van der Waals surface area contributed by atoms with Gasteiger partial charge in [0.2, 0.25) is 5.91 Å². The Morgan fingerprint density at radius 2 is 1.73 bits per heavy atom. The first-order valence-electron chi connectivity index (χ1n) is 10.2. The van der Waals surface area contributed by atoms with E-state index in [1.54, 1.807) is 0 Å². The molecule has 0 spiro atoms. The van der Waals surface area contributed by atoms with E-state index in [0.29, 0.717) is 13.1 Å². The molecule has 26 heavy (non-hydrogen) atoms. The van der Waals surface area contributed by atoms with Crippen molar-refractivity contribution in [1.82, 2.24) is 20.9 Å². The first kappa shape index (κ1) is 23.5. The van der Waals surface area contributed by atoms with Crippen molar-refractivity contribution >= 4 is 35.8 Å². The first-order valence-corrected chi connectivity index (χ1v) is 10.2. The monoisotopic (exact) mass is 479 g/mol. The van der Waals surface area contributed by atoms with Crippen molar-refractivity contribution in [1.29, 1.82) is 0 Å². The molecule has 0 unspecified atom stereocenters. The van der Waals surface area contributed by atoms with Crippen LogP contribution in [0, 0.1) is 5.92 Å². The van der Waals surface area contributed by atoms with E-state index in [1.165, 1.54) is 32.1 Å². The van der Waals surface area contributed by atoms with Gasteiger partial charge in [-0.05, 0) is 52.6 Å². The topological polar surface area (TPSA) is 68.8 Å². The molecule has 0 atom stereocenters. The first-order chi connectivity index (χ1) is 12.2. The third kappa shape index (κ3) is 9.39. The average Bonchev–Trinajstić information content (AvgIpc) is 3.47. The van der Waals surface area contributed by atoms with Crippen molar-refractivity contribution in [2.24, 2.45) is 10.9 Å². The summed E-state index contributed by atoms with van der Waals surface area (Å²) in [4.78, 5) is 18.8. The molecule has 0 saturated heterocycles. The van der Waals surface area contributed by atoms with Crippen LogP contribution in [0.5, 0.6) is 0 Å². The minimum absolute atomic E-state index is 0. The van der Waals surface area contributed by atoms with Gasteiger partial charge in [0, 0.05) is 38.1 Å². The summed E-state index contributed by atoms with van der Waals surface area (Å²) in [6.45, 7) is 6.24. The Bertz CT molecular complexity index is 422. The zero-order valence-corrected chi connectivity index (χ0v) is 18.9. The molecule has 2 rings (SSSR count). The van der Waals surface area contributed by atoms with Gasteiger partial charge in [0.15, 0.2) is 5.96 Å². The van der Waals surface area contributed by atoms with Crippen molar-refractivity contribution in [2.75, 3.05) is 39.8 Å². The van der Waals surface area contributed by atoms with Crippen LogP contribution in [0.25, 0.3) is 0 Å². The molecular weight excluding hydrogens is 441 g/mol. The molecule has 1 amide bonds. The lowest BCUT2D eigenvalue weighted by Crippen LogP contribution is -2.42. The lowest BCUT2D eigenvalue weighted by Gasteiger charge is -2.31. The largest absolute Gasteiger partial charge is 0.357 e. The van der Waals surface area contributed by atoms with Crippen LogP contribution in [0.3, 0.4) is 0 Å². The summed E-state index contributed by atoms with van der Waals surface area (Å²) in [5.74, 6) is 1.33. The molecule has 2 aliphatic rings. The summed E-state index contributed by atoms with van der Waals surface area (Å²) >= 11 is 0. The van der Waals surface area contributed by atoms with E-state index < -0.39 is 0 Å². The molecule has 3 N–H and O–H groups in total. The number of nitrogens with zero attached hydrogens (tertiary/aromatic N) is 2. The zero-order valence-electron chi connectivity index (χ0n) is 16.6. The summed E-state index contributed by atoms with van der Waals surface area (Å²) in [7, 11) is 2.26. The molecule has 2 aliphatic carbocycles. The van der Waals surface area contributed by atoms with Crippen molar-refractivity contribution in [2.45, 2.75) is 64.3 Å². The van der Waals surface area contributed by atoms with Crippen molar-refractivity contribution < 1.29 is 4.79 Å². The summed E-state index contributed by atoms with van der Waals surface area (Å²) < 4.78 is 0. The van der Waals surface area contributed by atoms with E-state index in [-0.39, 0.29) is 35.8 Å². The summed E-state index contributed by atoms with van der Waals surface area (Å²) in [5.41, 5.74) is 0. The van der Waals surface area contributed by atoms with Gasteiger partial charge in [0.25, 0.3) is 0 Å². The molecule has 2 fully saturated rings. The number of rotatable bonds is 10. The molecule has 0 bridgehead atoms. The lowest BCUT2D eigenvalue weighted by molar-refractivity contribution is -0.122. The van der Waals surface area contributed by atoms with E-state index in [1.807, 2.05) is 0 Å². The second-order valence-electron chi connectivity index (χ2n) is 7.38. The third-order valence-electron chi connectivity index (χ3n) is 5.15. The molecule has 6 nitrogen and oxygen atoms in total. The smallest absolute Gasteiger partial charge is 0.223 e. The quantitative estimate of drug-likeness (QED) is 0.195. The predicted molar refractivity (Wildman–Crippen MR) is 119 cm³/mol. The number of aliphatic imine (C=N–C) groups is 1. The van der Waals surface area contributed by atoms with Crippen LogP contribution < -0.4 is 16.0 Å². The van der Waals surface area contributed by atoms with Crippen molar-refractivity contribution in [3.8, 4) is 0 Å². The number of guanidine groups is 1. The number of halogens is 1. The molecule has 0 aromatic carbocycles. The molecule has 7 heteroatoms. The molecule has 152 valence electrons. The van der Waals surface area contributed by atoms with Gasteiger partial charge < -0.3 is 20.9 Å². The Morgan fingerprint density at radius 3 is 2.38 bits per heavy atom. The Morgan fingerprint density at radius 1 is 1.04 bits per heavy atom. The highest BCUT2D eigenvalue weighted by Gasteiger charge is 2.28. The average molecular weight is 479 g/mol. The van der Waals surface area contributed by atoms with Gasteiger partial charge in [-0.1, -0.05) is 19.3 Å². The highest BCUT2D eigenvalue weighted by molar-refractivity contribution is 14.0. The Hall–Kier alpha value is -0.570. The maximum Gasteiger partial charge on any atom is 0.223 e. The maximum absolute atomic E-state index is 11.6. The van der Waals surface area contributed by atoms with Crippen molar-refractivity contribution in [3.05, 3.63) is 0 Å². The SMILES string of the molecule is CCNC(=NCCCN(C)C1CCCCC1)NCCNC(=O)C1CC1.I. The minimum Gasteiger partial charge on any atom is -0.357 e. The fourth-order valence-electron chi connectivity index (χ4n) is 3.41. The Balaban J connectivity index is 0.00000338. The molecule has 2 saturated carbocycles. The minimum atomic E-state index is 0. The van der Waals surface area contributed by atoms with Crippen molar-refractivity contribution in [3.63, 3.8) is 0 Å². The van der Waals surface area contributed by atoms with Gasteiger partial charge in [-0.25, -0.2) is 0 Å². The normalized spacial score (nSPS) is 18.3. The predicted octanol–water partition coefficient (Wildman–Crippen LogP) is 2.34. The van der Waals surface area contributed by atoms with Crippen LogP contribution >= 0.6 is 24.0 Å². The van der Waals surface area contributed by atoms with Crippen LogP contribution in [-0.4, -0.2) is 62.6 Å². The van der Waals surface area contributed by atoms with E-state index >= 15 is 0 Å². The number of nitrogens with one attached hydrogen (secondary N) is 3. The molecule has 0 aliphatic heterocycles. The zero-order chi connectivity index (χ0) is 17.9. The van der Waals surface area contributed by atoms with Crippen LogP contribution in [0.15, 0.2) is 4.99 Å². The highest BCUT2D eigenvalue weighted by Crippen LogP contribution is 2.28. The van der Waals surface area contributed by atoms with Gasteiger partial charge in [-0.3, -0.25) is 9.79 Å². The Labute approximate surface area is 176 Å². The third-order valence-corrected chi connectivity index (χ3v) is 5.15. The number of hydrogen-bond acceptors (Lipinski definition) is 3. The standard InChI is InChI=1S/C19H37N5O.HI/c1-3-20-19(23-14-13-21-18(25)16-10-11-16)22-12-7-15-24(2)17-8-5-4-6-9-17;/h16-17H,3-15H2,1-2H3,(H,21,25)(H2,20,22,23);1H. The van der Waals surface area contributed by atoms with Gasteiger partial charge in [-0.15, -0.1) is 24.0 Å². The van der Waals surface area contributed by atoms with Gasteiger partial charge >= 0.3 is 0 Å². The number of hydrogen-bond donors (Lipinski definition) is 3. The summed E-state index contributed by atoms with van der Waals surface area (Å²) in [6, 6.07) is 0.777.